The first-order valence-corrected chi connectivity index (χ1v) is 7.66. The molecule has 0 bridgehead atoms. The average Bonchev–Trinajstić information content (AvgIpc) is 2.73. The van der Waals surface area contributed by atoms with Crippen LogP contribution in [0.5, 0.6) is 0 Å². The number of esters is 2. The first kappa shape index (κ1) is 17.4. The molecule has 0 N–H and O–H groups in total. The van der Waals surface area contributed by atoms with Crippen molar-refractivity contribution < 1.29 is 38.1 Å². The molecule has 2 aliphatic heterocycles. The molecule has 0 spiro atoms. The summed E-state index contributed by atoms with van der Waals surface area (Å²) in [5.41, 5.74) is 0. The lowest BCUT2D eigenvalue weighted by atomic mass is 9.97. The van der Waals surface area contributed by atoms with E-state index in [1.807, 2.05) is 0 Å². The van der Waals surface area contributed by atoms with E-state index in [1.54, 1.807) is 6.92 Å². The van der Waals surface area contributed by atoms with E-state index in [1.165, 1.54) is 23.6 Å². The van der Waals surface area contributed by atoms with Gasteiger partial charge in [-0.05, 0) is 6.92 Å². The van der Waals surface area contributed by atoms with Crippen LogP contribution in [0.1, 0.15) is 20.3 Å². The van der Waals surface area contributed by atoms with Crippen molar-refractivity contribution in [3.05, 3.63) is 0 Å². The van der Waals surface area contributed by atoms with Gasteiger partial charge in [0.05, 0.1) is 23.7 Å². The highest BCUT2D eigenvalue weighted by Gasteiger charge is 2.61. The Bertz CT molecular complexity index is 538. The lowest BCUT2D eigenvalue weighted by molar-refractivity contribution is -0.169. The van der Waals surface area contributed by atoms with Crippen LogP contribution < -0.4 is 0 Å². The highest BCUT2D eigenvalue weighted by Crippen LogP contribution is 2.51. The van der Waals surface area contributed by atoms with Crippen LogP contribution in [-0.2, 0) is 33.3 Å². The minimum atomic E-state index is -0.987. The summed E-state index contributed by atoms with van der Waals surface area (Å²) in [5, 5.41) is -0.151. The van der Waals surface area contributed by atoms with Crippen molar-refractivity contribution in [2.45, 2.75) is 36.4 Å². The number of fused-ring (bicyclic) bond motifs is 1. The number of β-lactam (4-membered cyclic amide) rings is 1. The SMILES string of the molecule is COC(=O)OCOC(=O)[C@@H]1N2C(=O)C[C@H]2S[C@@]1(C)COC(C)=O. The van der Waals surface area contributed by atoms with Gasteiger partial charge in [0.1, 0.15) is 12.6 Å². The predicted octanol–water partition coefficient (Wildman–Crippen LogP) is 0.266. The summed E-state index contributed by atoms with van der Waals surface area (Å²) in [6.07, 6.45) is -0.665. The fourth-order valence-corrected chi connectivity index (χ4v) is 4.14. The van der Waals surface area contributed by atoms with Gasteiger partial charge in [-0.15, -0.1) is 11.8 Å². The molecular formula is C13H17NO8S. The van der Waals surface area contributed by atoms with Crippen molar-refractivity contribution in [1.82, 2.24) is 4.90 Å². The van der Waals surface area contributed by atoms with Crippen LogP contribution in [0.25, 0.3) is 0 Å². The summed E-state index contributed by atoms with van der Waals surface area (Å²) in [7, 11) is 1.12. The number of hydrogen-bond acceptors (Lipinski definition) is 9. The normalized spacial score (nSPS) is 28.5. The largest absolute Gasteiger partial charge is 0.510 e. The summed E-state index contributed by atoms with van der Waals surface area (Å²) in [6.45, 7) is 2.33. The second-order valence-electron chi connectivity index (χ2n) is 5.25. The molecule has 1 amide bonds. The van der Waals surface area contributed by atoms with E-state index < -0.39 is 35.7 Å². The van der Waals surface area contributed by atoms with Crippen molar-refractivity contribution in [2.75, 3.05) is 20.5 Å². The number of nitrogens with zero attached hydrogens (tertiary/aromatic N) is 1. The predicted molar refractivity (Wildman–Crippen MR) is 76.1 cm³/mol. The molecule has 10 heteroatoms. The minimum absolute atomic E-state index is 0.0368. The highest BCUT2D eigenvalue weighted by molar-refractivity contribution is 8.01. The third-order valence-electron chi connectivity index (χ3n) is 3.54. The van der Waals surface area contributed by atoms with Gasteiger partial charge in [-0.3, -0.25) is 9.59 Å². The molecule has 2 heterocycles. The van der Waals surface area contributed by atoms with E-state index in [0.29, 0.717) is 6.42 Å². The number of rotatable bonds is 5. The Labute approximate surface area is 136 Å². The van der Waals surface area contributed by atoms with Crippen LogP contribution in [0.4, 0.5) is 4.79 Å². The van der Waals surface area contributed by atoms with E-state index in [4.69, 9.17) is 9.47 Å². The van der Waals surface area contributed by atoms with Crippen molar-refractivity contribution in [1.29, 1.82) is 0 Å². The maximum atomic E-state index is 12.3. The first-order chi connectivity index (χ1) is 10.8. The number of hydrogen-bond donors (Lipinski definition) is 0. The zero-order valence-corrected chi connectivity index (χ0v) is 13.7. The molecular weight excluding hydrogens is 330 g/mol. The summed E-state index contributed by atoms with van der Waals surface area (Å²) in [4.78, 5) is 47.4. The molecule has 0 aromatic rings. The van der Waals surface area contributed by atoms with Crippen LogP contribution in [0.2, 0.25) is 0 Å². The van der Waals surface area contributed by atoms with Crippen LogP contribution >= 0.6 is 11.8 Å². The molecule has 128 valence electrons. The number of methoxy groups -OCH3 is 1. The minimum Gasteiger partial charge on any atom is -0.464 e. The third kappa shape index (κ3) is 3.52. The molecule has 0 aliphatic carbocycles. The summed E-state index contributed by atoms with van der Waals surface area (Å²) >= 11 is 1.38. The zero-order chi connectivity index (χ0) is 17.2. The van der Waals surface area contributed by atoms with E-state index in [9.17, 15) is 19.2 Å². The van der Waals surface area contributed by atoms with Crippen molar-refractivity contribution in [3.8, 4) is 0 Å². The van der Waals surface area contributed by atoms with Gasteiger partial charge in [-0.1, -0.05) is 0 Å². The molecule has 2 aliphatic rings. The van der Waals surface area contributed by atoms with Crippen LogP contribution in [0, 0.1) is 0 Å². The number of carbonyl (C=O) groups is 4. The molecule has 0 unspecified atom stereocenters. The Morgan fingerprint density at radius 3 is 2.57 bits per heavy atom. The summed E-state index contributed by atoms with van der Waals surface area (Å²) < 4.78 is 17.8. The van der Waals surface area contributed by atoms with Gasteiger partial charge in [-0.25, -0.2) is 9.59 Å². The Balaban J connectivity index is 2.04. The van der Waals surface area contributed by atoms with Crippen molar-refractivity contribution in [2.24, 2.45) is 0 Å². The van der Waals surface area contributed by atoms with Crippen molar-refractivity contribution >= 4 is 35.8 Å². The molecule has 2 fully saturated rings. The molecule has 0 radical (unpaired) electrons. The standard InChI is InChI=1S/C13H17NO8S/c1-7(15)20-5-13(2)10(14-8(16)4-9(14)23-13)11(17)21-6-22-12(18)19-3/h9-10H,4-6H2,1-3H3/t9-,10+,13+/m1/s1. The Hall–Kier alpha value is -1.97. The van der Waals surface area contributed by atoms with Gasteiger partial charge < -0.3 is 23.8 Å². The fourth-order valence-electron chi connectivity index (χ4n) is 2.47. The van der Waals surface area contributed by atoms with Gasteiger partial charge in [0.25, 0.3) is 0 Å². The van der Waals surface area contributed by atoms with E-state index in [-0.39, 0.29) is 17.9 Å². The van der Waals surface area contributed by atoms with Gasteiger partial charge in [0.15, 0.2) is 0 Å². The second-order valence-corrected chi connectivity index (χ2v) is 6.97. The van der Waals surface area contributed by atoms with Gasteiger partial charge >= 0.3 is 18.1 Å². The summed E-state index contributed by atoms with van der Waals surface area (Å²) in [5.74, 6) is -1.38. The number of ether oxygens (including phenoxy) is 4. The highest BCUT2D eigenvalue weighted by atomic mass is 32.2. The molecule has 3 atom stereocenters. The molecule has 0 aromatic heterocycles. The Kier molecular flexibility index (Phi) is 5.03. The quantitative estimate of drug-likeness (QED) is 0.299. The monoisotopic (exact) mass is 347 g/mol. The molecule has 9 nitrogen and oxygen atoms in total. The smallest absolute Gasteiger partial charge is 0.464 e. The molecule has 23 heavy (non-hydrogen) atoms. The number of thioether (sulfide) groups is 1. The molecule has 0 aromatic carbocycles. The number of amides is 1. The Morgan fingerprint density at radius 2 is 2.00 bits per heavy atom. The van der Waals surface area contributed by atoms with E-state index in [0.717, 1.165) is 7.11 Å². The van der Waals surface area contributed by atoms with E-state index in [2.05, 4.69) is 9.47 Å². The third-order valence-corrected chi connectivity index (χ3v) is 5.08. The van der Waals surface area contributed by atoms with Gasteiger partial charge in [0.2, 0.25) is 12.7 Å². The van der Waals surface area contributed by atoms with Crippen LogP contribution in [0.3, 0.4) is 0 Å². The van der Waals surface area contributed by atoms with Crippen molar-refractivity contribution in [3.63, 3.8) is 0 Å². The lowest BCUT2D eigenvalue weighted by Crippen LogP contribution is -2.58. The van der Waals surface area contributed by atoms with Crippen LogP contribution in [-0.4, -0.2) is 65.6 Å². The molecule has 2 rings (SSSR count). The maximum Gasteiger partial charge on any atom is 0.510 e. The molecule has 0 saturated carbocycles. The summed E-state index contributed by atoms with van der Waals surface area (Å²) in [6, 6.07) is -0.917. The number of carbonyl (C=O) groups excluding carboxylic acids is 4. The lowest BCUT2D eigenvalue weighted by Gasteiger charge is -2.37. The second kappa shape index (κ2) is 6.65. The van der Waals surface area contributed by atoms with E-state index >= 15 is 0 Å². The maximum absolute atomic E-state index is 12.3. The first-order valence-electron chi connectivity index (χ1n) is 6.78. The van der Waals surface area contributed by atoms with Crippen LogP contribution in [0.15, 0.2) is 0 Å². The Morgan fingerprint density at radius 1 is 1.30 bits per heavy atom. The zero-order valence-electron chi connectivity index (χ0n) is 12.9. The fraction of sp³-hybridized carbons (Fsp3) is 0.692. The average molecular weight is 347 g/mol. The topological polar surface area (TPSA) is 108 Å². The van der Waals surface area contributed by atoms with Gasteiger partial charge in [-0.2, -0.15) is 0 Å². The molecule has 2 saturated heterocycles. The van der Waals surface area contributed by atoms with Gasteiger partial charge in [0, 0.05) is 6.92 Å².